The molecule has 0 aliphatic carbocycles. The molecule has 1 amide bonds. The van der Waals surface area contributed by atoms with E-state index in [-0.39, 0.29) is 18.0 Å². The predicted molar refractivity (Wildman–Crippen MR) is 80.2 cm³/mol. The van der Waals surface area contributed by atoms with Gasteiger partial charge in [-0.2, -0.15) is 0 Å². The second kappa shape index (κ2) is 6.09. The highest BCUT2D eigenvalue weighted by Crippen LogP contribution is 2.24. The van der Waals surface area contributed by atoms with Crippen LogP contribution < -0.4 is 5.73 Å². The molecule has 106 valence electrons. The summed E-state index contributed by atoms with van der Waals surface area (Å²) in [7, 11) is 0. The van der Waals surface area contributed by atoms with Gasteiger partial charge in [-0.25, -0.2) is 0 Å². The van der Waals surface area contributed by atoms with E-state index in [1.165, 1.54) is 6.42 Å². The van der Waals surface area contributed by atoms with Crippen molar-refractivity contribution in [3.8, 4) is 0 Å². The van der Waals surface area contributed by atoms with Crippen LogP contribution in [0.1, 0.15) is 49.6 Å². The summed E-state index contributed by atoms with van der Waals surface area (Å²) in [6.45, 7) is 5.54. The third-order valence-electron chi connectivity index (χ3n) is 3.75. The average Bonchev–Trinajstić information content (AvgIpc) is 2.80. The normalized spacial score (nSPS) is 20.1. The highest BCUT2D eigenvalue weighted by molar-refractivity contribution is 9.10. The molecule has 2 N–H and O–H groups in total. The molecule has 0 radical (unpaired) electrons. The Balaban J connectivity index is 2.27. The van der Waals surface area contributed by atoms with E-state index in [1.807, 2.05) is 21.7 Å². The first kappa shape index (κ1) is 14.6. The van der Waals surface area contributed by atoms with Crippen LogP contribution in [0.15, 0.2) is 16.7 Å². The van der Waals surface area contributed by atoms with E-state index >= 15 is 0 Å². The van der Waals surface area contributed by atoms with Crippen molar-refractivity contribution in [1.82, 2.24) is 9.47 Å². The van der Waals surface area contributed by atoms with Gasteiger partial charge in [0.1, 0.15) is 5.69 Å². The molecule has 1 aliphatic heterocycles. The molecule has 5 heteroatoms. The van der Waals surface area contributed by atoms with Crippen LogP contribution in [0.5, 0.6) is 0 Å². The zero-order valence-corrected chi connectivity index (χ0v) is 13.2. The number of nitrogens with two attached hydrogens (primary N) is 1. The van der Waals surface area contributed by atoms with E-state index < -0.39 is 0 Å². The Morgan fingerprint density at radius 1 is 1.53 bits per heavy atom. The number of amides is 1. The highest BCUT2D eigenvalue weighted by Gasteiger charge is 2.28. The Morgan fingerprint density at radius 3 is 2.89 bits per heavy atom. The number of aromatic nitrogens is 1. The first-order chi connectivity index (χ1) is 9.04. The van der Waals surface area contributed by atoms with Gasteiger partial charge in [-0.05, 0) is 55.1 Å². The molecule has 0 aromatic carbocycles. The zero-order valence-electron chi connectivity index (χ0n) is 11.6. The molecule has 0 saturated carbocycles. The van der Waals surface area contributed by atoms with Crippen LogP contribution in [0.2, 0.25) is 0 Å². The first-order valence-electron chi connectivity index (χ1n) is 6.93. The number of piperidine rings is 1. The molecule has 19 heavy (non-hydrogen) atoms. The van der Waals surface area contributed by atoms with Crippen molar-refractivity contribution in [1.29, 1.82) is 0 Å². The molecule has 1 fully saturated rings. The van der Waals surface area contributed by atoms with E-state index in [0.717, 1.165) is 29.6 Å². The lowest BCUT2D eigenvalue weighted by molar-refractivity contribution is 0.0610. The Kier molecular flexibility index (Phi) is 4.68. The summed E-state index contributed by atoms with van der Waals surface area (Å²) in [5.41, 5.74) is 6.55. The van der Waals surface area contributed by atoms with Crippen LogP contribution in [-0.2, 0) is 0 Å². The van der Waals surface area contributed by atoms with Gasteiger partial charge in [-0.15, -0.1) is 0 Å². The minimum absolute atomic E-state index is 0.106. The van der Waals surface area contributed by atoms with E-state index in [0.29, 0.717) is 6.54 Å². The lowest BCUT2D eigenvalue weighted by Crippen LogP contribution is -2.47. The van der Waals surface area contributed by atoms with Gasteiger partial charge in [-0.1, -0.05) is 0 Å². The maximum atomic E-state index is 12.7. The van der Waals surface area contributed by atoms with E-state index in [4.69, 9.17) is 5.73 Å². The summed E-state index contributed by atoms with van der Waals surface area (Å²) in [4.78, 5) is 14.7. The summed E-state index contributed by atoms with van der Waals surface area (Å²) < 4.78 is 2.97. The molecule has 0 bridgehead atoms. The predicted octanol–water partition coefficient (Wildman–Crippen LogP) is 2.78. The van der Waals surface area contributed by atoms with Crippen LogP contribution in [0.25, 0.3) is 0 Å². The Labute approximate surface area is 123 Å². The van der Waals surface area contributed by atoms with Crippen LogP contribution in [0.4, 0.5) is 0 Å². The van der Waals surface area contributed by atoms with E-state index in [2.05, 4.69) is 29.8 Å². The van der Waals surface area contributed by atoms with Crippen LogP contribution in [-0.4, -0.2) is 34.5 Å². The average molecular weight is 328 g/mol. The molecule has 1 atom stereocenters. The molecule has 2 rings (SSSR count). The second-order valence-corrected chi connectivity index (χ2v) is 6.34. The van der Waals surface area contributed by atoms with Gasteiger partial charge in [0, 0.05) is 35.8 Å². The molecule has 1 aliphatic rings. The van der Waals surface area contributed by atoms with Crippen molar-refractivity contribution in [2.75, 3.05) is 13.1 Å². The number of hydrogen-bond acceptors (Lipinski definition) is 2. The largest absolute Gasteiger partial charge is 0.340 e. The fraction of sp³-hybridized carbons (Fsp3) is 0.643. The maximum absolute atomic E-state index is 12.7. The van der Waals surface area contributed by atoms with Crippen molar-refractivity contribution in [3.05, 3.63) is 22.4 Å². The number of halogens is 1. The maximum Gasteiger partial charge on any atom is 0.270 e. The van der Waals surface area contributed by atoms with E-state index in [1.54, 1.807) is 0 Å². The Morgan fingerprint density at radius 2 is 2.26 bits per heavy atom. The van der Waals surface area contributed by atoms with Crippen molar-refractivity contribution in [2.45, 2.75) is 45.2 Å². The lowest BCUT2D eigenvalue weighted by atomic mass is 10.0. The van der Waals surface area contributed by atoms with Crippen molar-refractivity contribution >= 4 is 21.8 Å². The molecule has 0 spiro atoms. The molecular weight excluding hydrogens is 306 g/mol. The standard InChI is InChI=1S/C14H22BrN3O/c1-10(2)18-9-11(15)7-13(18)14(19)17-6-4-3-5-12(17)8-16/h7,9-10,12H,3-6,8,16H2,1-2H3/t12-/m0/s1. The second-order valence-electron chi connectivity index (χ2n) is 5.43. The fourth-order valence-electron chi connectivity index (χ4n) is 2.70. The van der Waals surface area contributed by atoms with Crippen LogP contribution in [0.3, 0.4) is 0 Å². The van der Waals surface area contributed by atoms with Gasteiger partial charge < -0.3 is 15.2 Å². The topological polar surface area (TPSA) is 51.3 Å². The third-order valence-corrected chi connectivity index (χ3v) is 4.18. The van der Waals surface area contributed by atoms with Crippen LogP contribution in [0, 0.1) is 0 Å². The zero-order chi connectivity index (χ0) is 14.0. The number of hydrogen-bond donors (Lipinski definition) is 1. The summed E-state index contributed by atoms with van der Waals surface area (Å²) in [5, 5.41) is 0. The molecule has 2 heterocycles. The van der Waals surface area contributed by atoms with Crippen LogP contribution >= 0.6 is 15.9 Å². The van der Waals surface area contributed by atoms with Gasteiger partial charge in [0.25, 0.3) is 5.91 Å². The smallest absolute Gasteiger partial charge is 0.270 e. The number of rotatable bonds is 3. The number of likely N-dealkylation sites (tertiary alicyclic amines) is 1. The minimum atomic E-state index is 0.106. The van der Waals surface area contributed by atoms with Crippen molar-refractivity contribution in [2.24, 2.45) is 5.73 Å². The summed E-state index contributed by atoms with van der Waals surface area (Å²) in [6.07, 6.45) is 5.23. The van der Waals surface area contributed by atoms with Gasteiger partial charge in [0.2, 0.25) is 0 Å². The molecule has 1 aromatic heterocycles. The van der Waals surface area contributed by atoms with Gasteiger partial charge in [0.05, 0.1) is 0 Å². The highest BCUT2D eigenvalue weighted by atomic mass is 79.9. The fourth-order valence-corrected chi connectivity index (χ4v) is 3.14. The molecule has 1 aromatic rings. The third kappa shape index (κ3) is 3.03. The van der Waals surface area contributed by atoms with Gasteiger partial charge in [-0.3, -0.25) is 4.79 Å². The summed E-state index contributed by atoms with van der Waals surface area (Å²) >= 11 is 3.46. The number of carbonyl (C=O) groups excluding carboxylic acids is 1. The van der Waals surface area contributed by atoms with Gasteiger partial charge in [0.15, 0.2) is 0 Å². The van der Waals surface area contributed by atoms with Crippen molar-refractivity contribution < 1.29 is 4.79 Å². The molecular formula is C14H22BrN3O. The monoisotopic (exact) mass is 327 g/mol. The minimum Gasteiger partial charge on any atom is -0.340 e. The summed E-state index contributed by atoms with van der Waals surface area (Å²) in [6, 6.07) is 2.37. The summed E-state index contributed by atoms with van der Waals surface area (Å²) in [5.74, 6) is 0.106. The van der Waals surface area contributed by atoms with Crippen molar-refractivity contribution in [3.63, 3.8) is 0 Å². The number of carbonyl (C=O) groups is 1. The SMILES string of the molecule is CC(C)n1cc(Br)cc1C(=O)N1CCCC[C@H]1CN. The first-order valence-corrected chi connectivity index (χ1v) is 7.72. The molecule has 1 saturated heterocycles. The Hall–Kier alpha value is -0.810. The molecule has 0 unspecified atom stereocenters. The Bertz CT molecular complexity index is 456. The van der Waals surface area contributed by atoms with E-state index in [9.17, 15) is 4.79 Å². The quantitative estimate of drug-likeness (QED) is 0.928. The molecule has 4 nitrogen and oxygen atoms in total. The number of nitrogens with zero attached hydrogens (tertiary/aromatic N) is 2. The lowest BCUT2D eigenvalue weighted by Gasteiger charge is -2.35. The van der Waals surface area contributed by atoms with Gasteiger partial charge >= 0.3 is 0 Å².